The highest BCUT2D eigenvalue weighted by Crippen LogP contribution is 2.11. The summed E-state index contributed by atoms with van der Waals surface area (Å²) in [5.41, 5.74) is 2.68. The lowest BCUT2D eigenvalue weighted by atomic mass is 10.1. The fourth-order valence-electron chi connectivity index (χ4n) is 1.69. The molecule has 16 heavy (non-hydrogen) atoms. The molecule has 0 saturated carbocycles. The van der Waals surface area contributed by atoms with Crippen molar-refractivity contribution < 1.29 is 5.11 Å². The lowest BCUT2D eigenvalue weighted by molar-refractivity contribution is 0.207. The molecule has 1 unspecified atom stereocenters. The van der Waals surface area contributed by atoms with Gasteiger partial charge in [0.15, 0.2) is 0 Å². The van der Waals surface area contributed by atoms with Crippen LogP contribution in [0.15, 0.2) is 23.3 Å². The number of rotatable bonds is 8. The smallest absolute Gasteiger partial charge is 0.0723 e. The molecule has 0 aliphatic carbocycles. The van der Waals surface area contributed by atoms with Gasteiger partial charge in [-0.05, 0) is 40.0 Å². The third kappa shape index (κ3) is 9.97. The maximum Gasteiger partial charge on any atom is 0.0723 e. The Kier molecular flexibility index (Phi) is 9.31. The molecule has 1 N–H and O–H groups in total. The zero-order valence-corrected chi connectivity index (χ0v) is 11.4. The number of allylic oxidation sites excluding steroid dienone is 3. The standard InChI is InChI=1S/C15H28O/c1-5-6-7-11-15(16)12-14(4)10-8-9-13(2)3/h9,12,15-16H,5-8,10-11H2,1-4H3. The van der Waals surface area contributed by atoms with Gasteiger partial charge in [0, 0.05) is 0 Å². The fourth-order valence-corrected chi connectivity index (χ4v) is 1.69. The van der Waals surface area contributed by atoms with Crippen LogP contribution in [0.3, 0.4) is 0 Å². The maximum atomic E-state index is 9.76. The number of unbranched alkanes of at least 4 members (excludes halogenated alkanes) is 2. The highest BCUT2D eigenvalue weighted by molar-refractivity contribution is 5.04. The van der Waals surface area contributed by atoms with Gasteiger partial charge in [0.25, 0.3) is 0 Å². The second kappa shape index (κ2) is 9.65. The Morgan fingerprint density at radius 2 is 1.88 bits per heavy atom. The second-order valence-electron chi connectivity index (χ2n) is 4.90. The first kappa shape index (κ1) is 15.4. The molecular weight excluding hydrogens is 196 g/mol. The monoisotopic (exact) mass is 224 g/mol. The highest BCUT2D eigenvalue weighted by Gasteiger charge is 2.00. The summed E-state index contributed by atoms with van der Waals surface area (Å²) in [6.07, 6.45) is 10.7. The minimum absolute atomic E-state index is 0.238. The first-order valence-corrected chi connectivity index (χ1v) is 6.55. The molecule has 0 aliphatic heterocycles. The van der Waals surface area contributed by atoms with Crippen LogP contribution >= 0.6 is 0 Å². The Morgan fingerprint density at radius 1 is 1.19 bits per heavy atom. The van der Waals surface area contributed by atoms with Crippen LogP contribution in [0.5, 0.6) is 0 Å². The Morgan fingerprint density at radius 3 is 2.44 bits per heavy atom. The molecule has 1 heteroatoms. The van der Waals surface area contributed by atoms with E-state index in [-0.39, 0.29) is 6.10 Å². The normalized spacial score (nSPS) is 13.7. The Hall–Kier alpha value is -0.560. The van der Waals surface area contributed by atoms with E-state index in [0.29, 0.717) is 0 Å². The molecule has 0 bridgehead atoms. The van der Waals surface area contributed by atoms with Gasteiger partial charge in [-0.1, -0.05) is 49.5 Å². The number of hydrogen-bond donors (Lipinski definition) is 1. The minimum atomic E-state index is -0.238. The Balaban J connectivity index is 3.78. The van der Waals surface area contributed by atoms with E-state index in [4.69, 9.17) is 0 Å². The van der Waals surface area contributed by atoms with Crippen molar-refractivity contribution in [1.82, 2.24) is 0 Å². The highest BCUT2D eigenvalue weighted by atomic mass is 16.3. The molecule has 0 aromatic heterocycles. The minimum Gasteiger partial charge on any atom is -0.389 e. The van der Waals surface area contributed by atoms with Crippen molar-refractivity contribution in [3.63, 3.8) is 0 Å². The lowest BCUT2D eigenvalue weighted by Gasteiger charge is -2.07. The Bertz CT molecular complexity index is 222. The van der Waals surface area contributed by atoms with E-state index in [0.717, 1.165) is 25.7 Å². The molecule has 0 fully saturated rings. The first-order chi connectivity index (χ1) is 7.56. The van der Waals surface area contributed by atoms with Gasteiger partial charge in [-0.3, -0.25) is 0 Å². The quantitative estimate of drug-likeness (QED) is 0.471. The van der Waals surface area contributed by atoms with Crippen LogP contribution in [-0.2, 0) is 0 Å². The summed E-state index contributed by atoms with van der Waals surface area (Å²) >= 11 is 0. The predicted molar refractivity (Wildman–Crippen MR) is 72.6 cm³/mol. The van der Waals surface area contributed by atoms with Gasteiger partial charge in [0.2, 0.25) is 0 Å². The molecule has 0 aliphatic rings. The molecule has 0 spiro atoms. The van der Waals surface area contributed by atoms with Crippen LogP contribution in [0, 0.1) is 0 Å². The maximum absolute atomic E-state index is 9.76. The zero-order valence-electron chi connectivity index (χ0n) is 11.4. The van der Waals surface area contributed by atoms with Crippen LogP contribution in [-0.4, -0.2) is 11.2 Å². The molecule has 0 aromatic rings. The van der Waals surface area contributed by atoms with Crippen molar-refractivity contribution in [2.75, 3.05) is 0 Å². The molecule has 0 saturated heterocycles. The van der Waals surface area contributed by atoms with E-state index >= 15 is 0 Å². The SMILES string of the molecule is CCCCCC(O)C=C(C)CCC=C(C)C. The number of aliphatic hydroxyl groups is 1. The number of hydrogen-bond acceptors (Lipinski definition) is 1. The molecule has 1 nitrogen and oxygen atoms in total. The summed E-state index contributed by atoms with van der Waals surface area (Å²) in [7, 11) is 0. The van der Waals surface area contributed by atoms with Gasteiger partial charge in [-0.25, -0.2) is 0 Å². The molecule has 0 heterocycles. The Labute approximate surface area is 101 Å². The van der Waals surface area contributed by atoms with Crippen LogP contribution in [0.2, 0.25) is 0 Å². The van der Waals surface area contributed by atoms with Crippen LogP contribution in [0.25, 0.3) is 0 Å². The van der Waals surface area contributed by atoms with Crippen molar-refractivity contribution in [2.24, 2.45) is 0 Å². The van der Waals surface area contributed by atoms with E-state index < -0.39 is 0 Å². The van der Waals surface area contributed by atoms with Crippen LogP contribution in [0.1, 0.15) is 66.2 Å². The van der Waals surface area contributed by atoms with E-state index in [1.165, 1.54) is 24.0 Å². The summed E-state index contributed by atoms with van der Waals surface area (Å²) in [6, 6.07) is 0. The van der Waals surface area contributed by atoms with Crippen LogP contribution < -0.4 is 0 Å². The fraction of sp³-hybridized carbons (Fsp3) is 0.733. The number of aliphatic hydroxyl groups excluding tert-OH is 1. The summed E-state index contributed by atoms with van der Waals surface area (Å²) in [4.78, 5) is 0. The summed E-state index contributed by atoms with van der Waals surface area (Å²) in [5.74, 6) is 0. The van der Waals surface area contributed by atoms with E-state index in [2.05, 4.69) is 33.8 Å². The molecule has 0 radical (unpaired) electrons. The van der Waals surface area contributed by atoms with E-state index in [1.54, 1.807) is 0 Å². The van der Waals surface area contributed by atoms with Gasteiger partial charge < -0.3 is 5.11 Å². The van der Waals surface area contributed by atoms with Crippen molar-refractivity contribution in [3.05, 3.63) is 23.3 Å². The third-order valence-electron chi connectivity index (χ3n) is 2.67. The van der Waals surface area contributed by atoms with Gasteiger partial charge in [-0.15, -0.1) is 0 Å². The average Bonchev–Trinajstić information content (AvgIpc) is 2.17. The zero-order chi connectivity index (χ0) is 12.4. The largest absolute Gasteiger partial charge is 0.389 e. The van der Waals surface area contributed by atoms with E-state index in [1.807, 2.05) is 6.08 Å². The molecular formula is C15H28O. The summed E-state index contributed by atoms with van der Waals surface area (Å²) in [5, 5.41) is 9.76. The first-order valence-electron chi connectivity index (χ1n) is 6.55. The van der Waals surface area contributed by atoms with Crippen LogP contribution in [0.4, 0.5) is 0 Å². The van der Waals surface area contributed by atoms with Gasteiger partial charge in [-0.2, -0.15) is 0 Å². The van der Waals surface area contributed by atoms with Crippen molar-refractivity contribution in [2.45, 2.75) is 72.3 Å². The second-order valence-corrected chi connectivity index (χ2v) is 4.90. The summed E-state index contributed by atoms with van der Waals surface area (Å²) < 4.78 is 0. The average molecular weight is 224 g/mol. The van der Waals surface area contributed by atoms with Crippen molar-refractivity contribution in [1.29, 1.82) is 0 Å². The molecule has 0 aromatic carbocycles. The topological polar surface area (TPSA) is 20.2 Å². The lowest BCUT2D eigenvalue weighted by Crippen LogP contribution is -2.02. The third-order valence-corrected chi connectivity index (χ3v) is 2.67. The van der Waals surface area contributed by atoms with E-state index in [9.17, 15) is 5.11 Å². The van der Waals surface area contributed by atoms with Crippen molar-refractivity contribution >= 4 is 0 Å². The van der Waals surface area contributed by atoms with Crippen molar-refractivity contribution in [3.8, 4) is 0 Å². The molecule has 0 amide bonds. The predicted octanol–water partition coefficient (Wildman–Crippen LogP) is 4.62. The molecule has 0 rings (SSSR count). The molecule has 94 valence electrons. The van der Waals surface area contributed by atoms with Gasteiger partial charge >= 0.3 is 0 Å². The summed E-state index contributed by atoms with van der Waals surface area (Å²) in [6.45, 7) is 8.55. The van der Waals surface area contributed by atoms with Gasteiger partial charge in [0.1, 0.15) is 0 Å². The molecule has 1 atom stereocenters. The van der Waals surface area contributed by atoms with Gasteiger partial charge in [0.05, 0.1) is 6.10 Å².